The van der Waals surface area contributed by atoms with E-state index in [0.717, 1.165) is 12.8 Å². The molecule has 2 heterocycles. The van der Waals surface area contributed by atoms with Crippen molar-refractivity contribution in [2.75, 3.05) is 25.5 Å². The fraction of sp³-hybridized carbons (Fsp3) is 0.625. The second-order valence-electron chi connectivity index (χ2n) is 6.79. The fourth-order valence-corrected chi connectivity index (χ4v) is 2.63. The number of carbonyl (C=O) groups excluding carboxylic acids is 2. The summed E-state index contributed by atoms with van der Waals surface area (Å²) in [6.45, 7) is 6.69. The van der Waals surface area contributed by atoms with E-state index in [1.165, 1.54) is 13.2 Å². The lowest BCUT2D eigenvalue weighted by Crippen LogP contribution is -2.44. The van der Waals surface area contributed by atoms with E-state index in [1.54, 1.807) is 4.90 Å². The zero-order valence-corrected chi connectivity index (χ0v) is 15.6. The molecular formula is C16H23ClN4O4. The molecule has 1 aromatic rings. The topological polar surface area (TPSA) is 93.7 Å². The molecule has 138 valence electrons. The van der Waals surface area contributed by atoms with Gasteiger partial charge in [0, 0.05) is 25.2 Å². The van der Waals surface area contributed by atoms with Gasteiger partial charge in [-0.05, 0) is 45.2 Å². The van der Waals surface area contributed by atoms with Crippen molar-refractivity contribution in [3.8, 4) is 0 Å². The van der Waals surface area contributed by atoms with E-state index in [0.29, 0.717) is 18.9 Å². The highest BCUT2D eigenvalue weighted by Gasteiger charge is 2.27. The van der Waals surface area contributed by atoms with Crippen LogP contribution in [0.3, 0.4) is 0 Å². The number of halogens is 1. The number of piperidine rings is 1. The molecule has 8 nitrogen and oxygen atoms in total. The lowest BCUT2D eigenvalue weighted by molar-refractivity contribution is 0.0210. The summed E-state index contributed by atoms with van der Waals surface area (Å²) < 4.78 is 10.0. The van der Waals surface area contributed by atoms with Crippen LogP contribution < -0.4 is 5.32 Å². The molecule has 9 heteroatoms. The molecule has 0 spiro atoms. The van der Waals surface area contributed by atoms with Crippen molar-refractivity contribution in [1.29, 1.82) is 0 Å². The molecule has 0 atom stereocenters. The van der Waals surface area contributed by atoms with E-state index in [4.69, 9.17) is 16.3 Å². The summed E-state index contributed by atoms with van der Waals surface area (Å²) in [5.74, 6) is -0.122. The van der Waals surface area contributed by atoms with Crippen LogP contribution in [0.2, 0.25) is 5.28 Å². The van der Waals surface area contributed by atoms with Gasteiger partial charge in [-0.1, -0.05) is 0 Å². The molecule has 1 saturated heterocycles. The maximum atomic E-state index is 12.1. The quantitative estimate of drug-likeness (QED) is 0.645. The van der Waals surface area contributed by atoms with E-state index in [9.17, 15) is 9.59 Å². The van der Waals surface area contributed by atoms with Gasteiger partial charge >= 0.3 is 12.1 Å². The fourth-order valence-electron chi connectivity index (χ4n) is 2.44. The van der Waals surface area contributed by atoms with Gasteiger partial charge in [0.25, 0.3) is 0 Å². The molecule has 0 aliphatic carbocycles. The highest BCUT2D eigenvalue weighted by atomic mass is 35.5. The third-order valence-electron chi connectivity index (χ3n) is 3.59. The SMILES string of the molecule is COC(=O)c1cc(NC2CCN(C(=O)OC(C)(C)C)CC2)nc(Cl)n1. The molecule has 25 heavy (non-hydrogen) atoms. The zero-order valence-electron chi connectivity index (χ0n) is 14.8. The van der Waals surface area contributed by atoms with E-state index in [-0.39, 0.29) is 23.1 Å². The molecule has 0 radical (unpaired) electrons. The van der Waals surface area contributed by atoms with Crippen LogP contribution in [0.4, 0.5) is 10.6 Å². The molecule has 1 fully saturated rings. The molecule has 1 aliphatic heterocycles. The molecule has 1 aliphatic rings. The van der Waals surface area contributed by atoms with Crippen molar-refractivity contribution < 1.29 is 19.1 Å². The third kappa shape index (κ3) is 5.74. The van der Waals surface area contributed by atoms with E-state index >= 15 is 0 Å². The predicted octanol–water partition coefficient (Wildman–Crippen LogP) is 2.73. The van der Waals surface area contributed by atoms with Crippen LogP contribution in [0, 0.1) is 0 Å². The predicted molar refractivity (Wildman–Crippen MR) is 92.8 cm³/mol. The first-order valence-electron chi connectivity index (χ1n) is 8.05. The number of ether oxygens (including phenoxy) is 2. The van der Waals surface area contributed by atoms with Crippen LogP contribution >= 0.6 is 11.6 Å². The number of methoxy groups -OCH3 is 1. The largest absolute Gasteiger partial charge is 0.464 e. The van der Waals surface area contributed by atoms with Crippen molar-refractivity contribution in [3.05, 3.63) is 17.0 Å². The first-order chi connectivity index (χ1) is 11.7. The highest BCUT2D eigenvalue weighted by Crippen LogP contribution is 2.19. The lowest BCUT2D eigenvalue weighted by Gasteiger charge is -2.33. The summed E-state index contributed by atoms with van der Waals surface area (Å²) in [5, 5.41) is 3.20. The van der Waals surface area contributed by atoms with Gasteiger partial charge in [0.15, 0.2) is 5.69 Å². The van der Waals surface area contributed by atoms with Crippen molar-refractivity contribution >= 4 is 29.5 Å². The van der Waals surface area contributed by atoms with Crippen LogP contribution in [0.25, 0.3) is 0 Å². The number of nitrogens with zero attached hydrogens (tertiary/aromatic N) is 3. The molecule has 1 N–H and O–H groups in total. The maximum absolute atomic E-state index is 12.1. The minimum absolute atomic E-state index is 0.0309. The third-order valence-corrected chi connectivity index (χ3v) is 3.76. The normalized spacial score (nSPS) is 15.6. The van der Waals surface area contributed by atoms with Crippen LogP contribution in [-0.4, -0.2) is 58.8 Å². The van der Waals surface area contributed by atoms with Crippen LogP contribution in [0.5, 0.6) is 0 Å². The minimum atomic E-state index is -0.577. The second kappa shape index (κ2) is 7.86. The number of hydrogen-bond donors (Lipinski definition) is 1. The molecule has 0 bridgehead atoms. The Morgan fingerprint density at radius 1 is 1.28 bits per heavy atom. The Morgan fingerprint density at radius 3 is 2.48 bits per heavy atom. The summed E-state index contributed by atoms with van der Waals surface area (Å²) in [6, 6.07) is 1.60. The van der Waals surface area contributed by atoms with Crippen molar-refractivity contribution in [1.82, 2.24) is 14.9 Å². The number of amides is 1. The minimum Gasteiger partial charge on any atom is -0.464 e. The highest BCUT2D eigenvalue weighted by molar-refractivity contribution is 6.28. The van der Waals surface area contributed by atoms with Crippen molar-refractivity contribution in [3.63, 3.8) is 0 Å². The number of aromatic nitrogens is 2. The Kier molecular flexibility index (Phi) is 6.05. The van der Waals surface area contributed by atoms with Gasteiger partial charge in [-0.2, -0.15) is 0 Å². The van der Waals surface area contributed by atoms with Crippen LogP contribution in [0.1, 0.15) is 44.1 Å². The number of anilines is 1. The molecule has 1 aromatic heterocycles. The van der Waals surface area contributed by atoms with E-state index < -0.39 is 11.6 Å². The summed E-state index contributed by atoms with van der Waals surface area (Å²) in [4.78, 5) is 33.3. The number of carbonyl (C=O) groups is 2. The first kappa shape index (κ1) is 19.2. The number of likely N-dealkylation sites (tertiary alicyclic amines) is 1. The number of rotatable bonds is 3. The second-order valence-corrected chi connectivity index (χ2v) is 7.12. The van der Waals surface area contributed by atoms with Gasteiger partial charge in [-0.25, -0.2) is 19.6 Å². The monoisotopic (exact) mass is 370 g/mol. The average Bonchev–Trinajstić information content (AvgIpc) is 2.52. The Hall–Kier alpha value is -2.09. The van der Waals surface area contributed by atoms with Gasteiger partial charge in [-0.3, -0.25) is 0 Å². The Morgan fingerprint density at radius 2 is 1.92 bits per heavy atom. The first-order valence-corrected chi connectivity index (χ1v) is 8.43. The Balaban J connectivity index is 1.93. The summed E-state index contributed by atoms with van der Waals surface area (Å²) in [6.07, 6.45) is 1.16. The number of hydrogen-bond acceptors (Lipinski definition) is 7. The van der Waals surface area contributed by atoms with E-state index in [2.05, 4.69) is 20.0 Å². The molecule has 0 saturated carbocycles. The maximum Gasteiger partial charge on any atom is 0.410 e. The molecule has 0 unspecified atom stereocenters. The van der Waals surface area contributed by atoms with Crippen LogP contribution in [-0.2, 0) is 9.47 Å². The van der Waals surface area contributed by atoms with E-state index in [1.807, 2.05) is 20.8 Å². The molecular weight excluding hydrogens is 348 g/mol. The van der Waals surface area contributed by atoms with Gasteiger partial charge < -0.3 is 19.7 Å². The van der Waals surface area contributed by atoms with Gasteiger partial charge in [0.1, 0.15) is 11.4 Å². The lowest BCUT2D eigenvalue weighted by atomic mass is 10.1. The van der Waals surface area contributed by atoms with Crippen molar-refractivity contribution in [2.24, 2.45) is 0 Å². The average molecular weight is 371 g/mol. The number of nitrogens with one attached hydrogen (secondary N) is 1. The number of esters is 1. The van der Waals surface area contributed by atoms with Crippen LogP contribution in [0.15, 0.2) is 6.07 Å². The standard InChI is InChI=1S/C16H23ClN4O4/c1-16(2,3)25-15(23)21-7-5-10(6-8-21)18-12-9-11(13(22)24-4)19-14(17)20-12/h9-10H,5-8H2,1-4H3,(H,18,19,20). The summed E-state index contributed by atoms with van der Waals surface area (Å²) >= 11 is 5.86. The molecule has 0 aromatic carbocycles. The van der Waals surface area contributed by atoms with Crippen molar-refractivity contribution in [2.45, 2.75) is 45.3 Å². The smallest absolute Gasteiger partial charge is 0.410 e. The molecule has 1 amide bonds. The summed E-state index contributed by atoms with van der Waals surface area (Å²) in [7, 11) is 1.28. The molecule has 2 rings (SSSR count). The van der Waals surface area contributed by atoms with Gasteiger partial charge in [-0.15, -0.1) is 0 Å². The zero-order chi connectivity index (χ0) is 18.6. The summed E-state index contributed by atoms with van der Waals surface area (Å²) in [5.41, 5.74) is -0.412. The van der Waals surface area contributed by atoms with Gasteiger partial charge in [0.05, 0.1) is 7.11 Å². The van der Waals surface area contributed by atoms with Gasteiger partial charge in [0.2, 0.25) is 5.28 Å². The Labute approximate surface area is 151 Å². The Bertz CT molecular complexity index is 640.